The summed E-state index contributed by atoms with van der Waals surface area (Å²) < 4.78 is 41.4. The largest absolute Gasteiger partial charge is 0.411 e. The molecule has 0 amide bonds. The van der Waals surface area contributed by atoms with Crippen LogP contribution in [0.15, 0.2) is 60.7 Å². The van der Waals surface area contributed by atoms with Crippen molar-refractivity contribution in [2.24, 2.45) is 0 Å². The van der Waals surface area contributed by atoms with Crippen LogP contribution in [0.1, 0.15) is 21.8 Å². The molecule has 0 saturated heterocycles. The summed E-state index contributed by atoms with van der Waals surface area (Å²) in [5.74, 6) is -1.01. The van der Waals surface area contributed by atoms with Crippen LogP contribution in [0, 0.1) is 0 Å². The molecule has 0 heterocycles. The van der Waals surface area contributed by atoms with E-state index in [-0.39, 0.29) is 12.4 Å². The minimum atomic E-state index is -4.41. The third kappa shape index (κ3) is 4.70. The first-order valence-electron chi connectivity index (χ1n) is 6.76. The highest BCUT2D eigenvalue weighted by atomic mass is 19.4. The van der Waals surface area contributed by atoms with E-state index < -0.39 is 18.7 Å². The van der Waals surface area contributed by atoms with E-state index in [0.29, 0.717) is 11.1 Å². The van der Waals surface area contributed by atoms with Gasteiger partial charge in [-0.05, 0) is 5.56 Å². The molecular formula is C17H15F3O2. The van der Waals surface area contributed by atoms with Gasteiger partial charge in [-0.3, -0.25) is 4.79 Å². The molecule has 116 valence electrons. The number of carbonyl (C=O) groups excluding carboxylic acids is 1. The number of carbonyl (C=O) groups is 1. The number of hydrogen-bond donors (Lipinski definition) is 0. The van der Waals surface area contributed by atoms with Crippen molar-refractivity contribution in [2.75, 3.05) is 13.2 Å². The van der Waals surface area contributed by atoms with Crippen LogP contribution >= 0.6 is 0 Å². The van der Waals surface area contributed by atoms with Crippen LogP contribution in [-0.4, -0.2) is 25.2 Å². The predicted octanol–water partition coefficient (Wildman–Crippen LogP) is 4.23. The van der Waals surface area contributed by atoms with Crippen molar-refractivity contribution in [1.82, 2.24) is 0 Å². The van der Waals surface area contributed by atoms with Crippen molar-refractivity contribution >= 4 is 5.78 Å². The Morgan fingerprint density at radius 3 is 2.05 bits per heavy atom. The Morgan fingerprint density at radius 1 is 0.955 bits per heavy atom. The first kappa shape index (κ1) is 16.2. The Balaban J connectivity index is 2.17. The standard InChI is InChI=1S/C17H15F3O2/c18-17(19,20)12-22-11-15(13-7-3-1-4-8-13)16(21)14-9-5-2-6-10-14/h1-10,15H,11-12H2. The van der Waals surface area contributed by atoms with E-state index in [1.54, 1.807) is 60.7 Å². The van der Waals surface area contributed by atoms with Gasteiger partial charge in [0.25, 0.3) is 0 Å². The minimum Gasteiger partial charge on any atom is -0.371 e. The molecule has 22 heavy (non-hydrogen) atoms. The molecular weight excluding hydrogens is 293 g/mol. The maximum absolute atomic E-state index is 12.5. The van der Waals surface area contributed by atoms with Crippen molar-refractivity contribution in [2.45, 2.75) is 12.1 Å². The van der Waals surface area contributed by atoms with Crippen molar-refractivity contribution in [3.63, 3.8) is 0 Å². The van der Waals surface area contributed by atoms with Gasteiger partial charge in [-0.2, -0.15) is 13.2 Å². The number of alkyl halides is 3. The van der Waals surface area contributed by atoms with E-state index in [1.807, 2.05) is 0 Å². The summed E-state index contributed by atoms with van der Waals surface area (Å²) in [4.78, 5) is 12.5. The molecule has 0 spiro atoms. The Kier molecular flexibility index (Phi) is 5.33. The fraction of sp³-hybridized carbons (Fsp3) is 0.235. The highest BCUT2D eigenvalue weighted by Gasteiger charge is 2.29. The average Bonchev–Trinajstić information content (AvgIpc) is 2.52. The zero-order valence-corrected chi connectivity index (χ0v) is 11.7. The number of rotatable bonds is 6. The Morgan fingerprint density at radius 2 is 1.50 bits per heavy atom. The summed E-state index contributed by atoms with van der Waals surface area (Å²) in [5, 5.41) is 0. The number of ether oxygens (including phenoxy) is 1. The molecule has 1 unspecified atom stereocenters. The van der Waals surface area contributed by atoms with E-state index in [1.165, 1.54) is 0 Å². The van der Waals surface area contributed by atoms with Gasteiger partial charge >= 0.3 is 6.18 Å². The molecule has 2 aromatic rings. The SMILES string of the molecule is O=C(c1ccccc1)C(COCC(F)(F)F)c1ccccc1. The van der Waals surface area contributed by atoms with E-state index in [2.05, 4.69) is 0 Å². The van der Waals surface area contributed by atoms with Gasteiger partial charge in [0.05, 0.1) is 12.5 Å². The van der Waals surface area contributed by atoms with Gasteiger partial charge in [0, 0.05) is 5.56 Å². The summed E-state index contributed by atoms with van der Waals surface area (Å²) in [6, 6.07) is 17.2. The molecule has 0 aromatic heterocycles. The van der Waals surface area contributed by atoms with Gasteiger partial charge in [-0.15, -0.1) is 0 Å². The number of benzene rings is 2. The lowest BCUT2D eigenvalue weighted by atomic mass is 9.91. The maximum Gasteiger partial charge on any atom is 0.411 e. The summed E-state index contributed by atoms with van der Waals surface area (Å²) in [7, 11) is 0. The molecule has 0 aliphatic heterocycles. The van der Waals surface area contributed by atoms with E-state index in [9.17, 15) is 18.0 Å². The first-order chi connectivity index (χ1) is 10.5. The first-order valence-corrected chi connectivity index (χ1v) is 6.76. The second-order valence-corrected chi connectivity index (χ2v) is 4.82. The molecule has 0 fully saturated rings. The Hall–Kier alpha value is -2.14. The molecule has 2 aromatic carbocycles. The van der Waals surface area contributed by atoms with Crippen molar-refractivity contribution in [1.29, 1.82) is 0 Å². The van der Waals surface area contributed by atoms with Crippen molar-refractivity contribution < 1.29 is 22.7 Å². The Bertz CT molecular complexity index is 594. The number of ketones is 1. The molecule has 1 atom stereocenters. The van der Waals surface area contributed by atoms with Crippen molar-refractivity contribution in [3.8, 4) is 0 Å². The van der Waals surface area contributed by atoms with Crippen LogP contribution in [-0.2, 0) is 4.74 Å². The predicted molar refractivity (Wildman–Crippen MR) is 76.8 cm³/mol. The lowest BCUT2D eigenvalue weighted by Crippen LogP contribution is -2.23. The van der Waals surface area contributed by atoms with Gasteiger partial charge in [-0.1, -0.05) is 60.7 Å². The Labute approximate surface area is 126 Å². The van der Waals surface area contributed by atoms with Crippen LogP contribution in [0.5, 0.6) is 0 Å². The summed E-state index contributed by atoms with van der Waals surface area (Å²) in [5.41, 5.74) is 1.09. The van der Waals surface area contributed by atoms with Crippen LogP contribution in [0.2, 0.25) is 0 Å². The molecule has 0 N–H and O–H groups in total. The van der Waals surface area contributed by atoms with Gasteiger partial charge < -0.3 is 4.74 Å². The maximum atomic E-state index is 12.5. The van der Waals surface area contributed by atoms with Crippen LogP contribution < -0.4 is 0 Å². The third-order valence-corrected chi connectivity index (χ3v) is 3.13. The molecule has 0 saturated carbocycles. The zero-order valence-electron chi connectivity index (χ0n) is 11.7. The molecule has 2 nitrogen and oxygen atoms in total. The summed E-state index contributed by atoms with van der Waals surface area (Å²) in [6.07, 6.45) is -4.41. The van der Waals surface area contributed by atoms with Gasteiger partial charge in [0.15, 0.2) is 5.78 Å². The molecule has 0 aliphatic rings. The fourth-order valence-electron chi connectivity index (χ4n) is 2.10. The van der Waals surface area contributed by atoms with Gasteiger partial charge in [0.2, 0.25) is 0 Å². The van der Waals surface area contributed by atoms with Crippen molar-refractivity contribution in [3.05, 3.63) is 71.8 Å². The van der Waals surface area contributed by atoms with E-state index in [0.717, 1.165) is 0 Å². The number of halogens is 3. The average molecular weight is 308 g/mol. The normalized spacial score (nSPS) is 12.9. The van der Waals surface area contributed by atoms with E-state index in [4.69, 9.17) is 4.74 Å². The quantitative estimate of drug-likeness (QED) is 0.746. The zero-order chi connectivity index (χ0) is 16.0. The monoisotopic (exact) mass is 308 g/mol. The molecule has 0 radical (unpaired) electrons. The highest BCUT2D eigenvalue weighted by Crippen LogP contribution is 2.23. The molecule has 2 rings (SSSR count). The second kappa shape index (κ2) is 7.22. The summed E-state index contributed by atoms with van der Waals surface area (Å²) in [6.45, 7) is -1.67. The van der Waals surface area contributed by atoms with E-state index >= 15 is 0 Å². The lowest BCUT2D eigenvalue weighted by Gasteiger charge is -2.17. The number of hydrogen-bond acceptors (Lipinski definition) is 2. The molecule has 5 heteroatoms. The van der Waals surface area contributed by atoms with Gasteiger partial charge in [0.1, 0.15) is 6.61 Å². The van der Waals surface area contributed by atoms with Crippen LogP contribution in [0.3, 0.4) is 0 Å². The molecule has 0 aliphatic carbocycles. The third-order valence-electron chi connectivity index (χ3n) is 3.13. The van der Waals surface area contributed by atoms with Crippen LogP contribution in [0.25, 0.3) is 0 Å². The molecule has 0 bridgehead atoms. The minimum absolute atomic E-state index is 0.256. The summed E-state index contributed by atoms with van der Waals surface area (Å²) >= 11 is 0. The fourth-order valence-corrected chi connectivity index (χ4v) is 2.10. The second-order valence-electron chi connectivity index (χ2n) is 4.82. The number of Topliss-reactive ketones (excluding diaryl/α,β-unsaturated/α-hetero) is 1. The van der Waals surface area contributed by atoms with Crippen LogP contribution in [0.4, 0.5) is 13.2 Å². The van der Waals surface area contributed by atoms with Gasteiger partial charge in [-0.25, -0.2) is 0 Å². The topological polar surface area (TPSA) is 26.3 Å². The smallest absolute Gasteiger partial charge is 0.371 e. The lowest BCUT2D eigenvalue weighted by molar-refractivity contribution is -0.174. The highest BCUT2D eigenvalue weighted by molar-refractivity contribution is 6.01.